The van der Waals surface area contributed by atoms with E-state index in [2.05, 4.69) is 11.6 Å². The first-order valence-electron chi connectivity index (χ1n) is 1.84. The molecule has 0 unspecified atom stereocenters. The van der Waals surface area contributed by atoms with Gasteiger partial charge < -0.3 is 0 Å². The Morgan fingerprint density at radius 3 is 1.60 bits per heavy atom. The second-order valence-corrected chi connectivity index (χ2v) is 2.78. The van der Waals surface area contributed by atoms with Gasteiger partial charge in [0.05, 0.1) is 0 Å². The first kappa shape index (κ1) is 10.2. The van der Waals surface area contributed by atoms with Crippen molar-refractivity contribution in [2.75, 3.05) is 0 Å². The number of hydrogen-bond acceptors (Lipinski definition) is 1. The van der Waals surface area contributed by atoms with Crippen LogP contribution in [0.5, 0.6) is 0 Å². The molecule has 0 saturated carbocycles. The van der Waals surface area contributed by atoms with Crippen molar-refractivity contribution in [2.45, 2.75) is 10.8 Å². The van der Waals surface area contributed by atoms with E-state index in [9.17, 15) is 22.4 Å². The Balaban J connectivity index is 4.57. The molecule has 1 nitrogen and oxygen atoms in total. The largest absolute Gasteiger partial charge is 0.441 e. The van der Waals surface area contributed by atoms with Gasteiger partial charge in [-0.1, -0.05) is 0 Å². The molecule has 0 aliphatic heterocycles. The maximum atomic E-state index is 12.0. The minimum Gasteiger partial charge on any atom is -0.276 e. The summed E-state index contributed by atoms with van der Waals surface area (Å²) in [6.45, 7) is 0. The van der Waals surface area contributed by atoms with Crippen LogP contribution in [-0.2, 0) is 4.79 Å². The van der Waals surface area contributed by atoms with E-state index in [1.165, 1.54) is 15.9 Å². The maximum absolute atomic E-state index is 12.0. The Hall–Kier alpha value is 0.160. The highest BCUT2D eigenvalue weighted by molar-refractivity contribution is 9.10. The van der Waals surface area contributed by atoms with E-state index in [0.717, 1.165) is 0 Å². The molecule has 0 aromatic carbocycles. The fourth-order valence-corrected chi connectivity index (χ4v) is 0.219. The molecule has 0 aromatic heterocycles. The van der Waals surface area contributed by atoms with Crippen molar-refractivity contribution in [1.29, 1.82) is 0 Å². The molecule has 10 heavy (non-hydrogen) atoms. The van der Waals surface area contributed by atoms with Crippen LogP contribution in [0.15, 0.2) is 0 Å². The molecule has 1 atom stereocenters. The lowest BCUT2D eigenvalue weighted by atomic mass is 10.4. The third-order valence-corrected chi connectivity index (χ3v) is 1.90. The summed E-state index contributed by atoms with van der Waals surface area (Å²) in [7, 11) is 0. The molecule has 0 aromatic rings. The fraction of sp³-hybridized carbons (Fsp3) is 0.667. The zero-order chi connectivity index (χ0) is 8.58. The molecule has 0 rings (SSSR count). The van der Waals surface area contributed by atoms with E-state index in [1.54, 1.807) is 0 Å². The van der Waals surface area contributed by atoms with Gasteiger partial charge in [0, 0.05) is 0 Å². The van der Waals surface area contributed by atoms with Crippen molar-refractivity contribution >= 4 is 32.8 Å². The van der Waals surface area contributed by atoms with Crippen LogP contribution >= 0.6 is 27.5 Å². The van der Waals surface area contributed by atoms with Crippen LogP contribution in [0.4, 0.5) is 17.6 Å². The standard InChI is InChI=1S/C3BrClF4O/c4-2(6,1(5)10)3(7,8)9/t2-/m0/s1. The highest BCUT2D eigenvalue weighted by atomic mass is 79.9. The van der Waals surface area contributed by atoms with Crippen molar-refractivity contribution in [1.82, 2.24) is 0 Å². The normalized spacial score (nSPS) is 18.2. The molecule has 0 aliphatic rings. The van der Waals surface area contributed by atoms with Crippen LogP contribution < -0.4 is 0 Å². The molecule has 0 amide bonds. The molecule has 60 valence electrons. The molecular weight excluding hydrogens is 243 g/mol. The molecule has 0 radical (unpaired) electrons. The average molecular weight is 243 g/mol. The summed E-state index contributed by atoms with van der Waals surface area (Å²) < 4.78 is 42.0. The first-order valence-corrected chi connectivity index (χ1v) is 3.01. The second kappa shape index (κ2) is 2.65. The summed E-state index contributed by atoms with van der Waals surface area (Å²) in [6.07, 6.45) is -5.31. The molecule has 0 spiro atoms. The van der Waals surface area contributed by atoms with E-state index >= 15 is 0 Å². The number of alkyl halides is 5. The molecule has 0 N–H and O–H groups in total. The predicted molar refractivity (Wildman–Crippen MR) is 29.7 cm³/mol. The summed E-state index contributed by atoms with van der Waals surface area (Å²) in [5, 5.41) is -2.14. The van der Waals surface area contributed by atoms with Crippen molar-refractivity contribution in [3.05, 3.63) is 0 Å². The van der Waals surface area contributed by atoms with Crippen molar-refractivity contribution < 1.29 is 22.4 Å². The van der Waals surface area contributed by atoms with Gasteiger partial charge in [-0.15, -0.1) is 0 Å². The van der Waals surface area contributed by atoms with Gasteiger partial charge in [0.2, 0.25) is 0 Å². The van der Waals surface area contributed by atoms with Gasteiger partial charge in [-0.2, -0.15) is 13.2 Å². The summed E-state index contributed by atoms with van der Waals surface area (Å²) in [5.74, 6) is 0. The SMILES string of the molecule is O=C(Cl)[C@@](F)(Br)C(F)(F)F. The summed E-state index contributed by atoms with van der Waals surface area (Å²) in [6, 6.07) is 0. The van der Waals surface area contributed by atoms with E-state index in [-0.39, 0.29) is 0 Å². The number of halogens is 6. The van der Waals surface area contributed by atoms with Crippen molar-refractivity contribution in [3.63, 3.8) is 0 Å². The lowest BCUT2D eigenvalue weighted by Crippen LogP contribution is -2.39. The zero-order valence-electron chi connectivity index (χ0n) is 4.18. The minimum absolute atomic E-state index is 1.49. The maximum Gasteiger partial charge on any atom is 0.441 e. The van der Waals surface area contributed by atoms with Gasteiger partial charge in [-0.25, -0.2) is 4.39 Å². The third-order valence-electron chi connectivity index (χ3n) is 0.603. The van der Waals surface area contributed by atoms with Crippen LogP contribution in [-0.4, -0.2) is 16.0 Å². The van der Waals surface area contributed by atoms with Gasteiger partial charge in [-0.3, -0.25) is 4.79 Å². The zero-order valence-corrected chi connectivity index (χ0v) is 6.52. The Kier molecular flexibility index (Phi) is 2.70. The quantitative estimate of drug-likeness (QED) is 0.392. The Morgan fingerprint density at radius 1 is 1.30 bits per heavy atom. The molecule has 0 saturated heterocycles. The van der Waals surface area contributed by atoms with Gasteiger partial charge in [-0.05, 0) is 27.5 Å². The van der Waals surface area contributed by atoms with Crippen LogP contribution in [0.1, 0.15) is 0 Å². The predicted octanol–water partition coefficient (Wildman–Crippen LogP) is 2.37. The molecule has 7 heteroatoms. The van der Waals surface area contributed by atoms with Crippen LogP contribution in [0, 0.1) is 0 Å². The average Bonchev–Trinajstić information content (AvgIpc) is 1.62. The highest BCUT2D eigenvalue weighted by Gasteiger charge is 2.59. The van der Waals surface area contributed by atoms with E-state index in [1.807, 2.05) is 0 Å². The Morgan fingerprint density at radius 2 is 1.60 bits per heavy atom. The number of carbonyl (C=O) groups excluding carboxylic acids is 1. The molecule has 0 heterocycles. The lowest BCUT2D eigenvalue weighted by molar-refractivity contribution is -0.190. The highest BCUT2D eigenvalue weighted by Crippen LogP contribution is 2.40. The van der Waals surface area contributed by atoms with Gasteiger partial charge in [0.1, 0.15) is 0 Å². The van der Waals surface area contributed by atoms with Gasteiger partial charge >= 0.3 is 10.8 Å². The van der Waals surface area contributed by atoms with Crippen molar-refractivity contribution in [2.24, 2.45) is 0 Å². The Bertz CT molecular complexity index is 153. The number of rotatable bonds is 1. The van der Waals surface area contributed by atoms with Crippen LogP contribution in [0.3, 0.4) is 0 Å². The monoisotopic (exact) mass is 242 g/mol. The molecule has 0 aliphatic carbocycles. The lowest BCUT2D eigenvalue weighted by Gasteiger charge is -2.16. The van der Waals surface area contributed by atoms with E-state index < -0.39 is 16.0 Å². The third kappa shape index (κ3) is 1.82. The first-order chi connectivity index (χ1) is 4.19. The van der Waals surface area contributed by atoms with E-state index in [4.69, 9.17) is 0 Å². The minimum atomic E-state index is -5.31. The van der Waals surface area contributed by atoms with Crippen LogP contribution in [0.25, 0.3) is 0 Å². The molecular formula is C3BrClF4O. The molecule has 0 bridgehead atoms. The summed E-state index contributed by atoms with van der Waals surface area (Å²) >= 11 is 5.77. The smallest absolute Gasteiger partial charge is 0.276 e. The van der Waals surface area contributed by atoms with Gasteiger partial charge in [0.25, 0.3) is 5.24 Å². The van der Waals surface area contributed by atoms with E-state index in [0.29, 0.717) is 0 Å². The number of hydrogen-bond donors (Lipinski definition) is 0. The second-order valence-electron chi connectivity index (χ2n) is 1.35. The topological polar surface area (TPSA) is 17.1 Å². The van der Waals surface area contributed by atoms with Gasteiger partial charge in [0.15, 0.2) is 0 Å². The number of carbonyl (C=O) groups is 1. The molecule has 0 fully saturated rings. The summed E-state index contributed by atoms with van der Waals surface area (Å²) in [5.41, 5.74) is 0. The fourth-order valence-electron chi connectivity index (χ4n) is 0.111. The van der Waals surface area contributed by atoms with Crippen LogP contribution in [0.2, 0.25) is 0 Å². The summed E-state index contributed by atoms with van der Waals surface area (Å²) in [4.78, 5) is 9.74. The van der Waals surface area contributed by atoms with Crippen molar-refractivity contribution in [3.8, 4) is 0 Å². The Labute approximate surface area is 66.5 Å².